The maximum Gasteiger partial charge on any atom is 0.469 e. The van der Waals surface area contributed by atoms with Crippen LogP contribution in [0.2, 0.25) is 0 Å². The zero-order chi connectivity index (χ0) is 38.2. The van der Waals surface area contributed by atoms with Crippen molar-refractivity contribution in [3.05, 3.63) is 137 Å². The Hall–Kier alpha value is -4.66. The minimum Gasteiger partial charge on any atom is -0.447 e. The fraction of sp³-hybridized carbons (Fsp3) is 0.257. The first-order valence-corrected chi connectivity index (χ1v) is 18.2. The van der Waals surface area contributed by atoms with Crippen LogP contribution < -0.4 is 0 Å². The van der Waals surface area contributed by atoms with E-state index in [0.29, 0.717) is 6.07 Å². The van der Waals surface area contributed by atoms with Gasteiger partial charge in [-0.3, -0.25) is 4.52 Å². The van der Waals surface area contributed by atoms with Gasteiger partial charge in [-0.1, -0.05) is 36.4 Å². The number of phosphoric ester groups is 1. The predicted octanol–water partition coefficient (Wildman–Crippen LogP) is 6.20. The van der Waals surface area contributed by atoms with Crippen LogP contribution in [0.4, 0.5) is 17.6 Å². The summed E-state index contributed by atoms with van der Waals surface area (Å²) in [5.41, 5.74) is -2.84. The summed E-state index contributed by atoms with van der Waals surface area (Å²) in [6.45, 7) is 0.565. The molecule has 5 rings (SSSR count). The number of hydrogen-bond acceptors (Lipinski definition) is 10. The van der Waals surface area contributed by atoms with E-state index in [0.717, 1.165) is 24.3 Å². The Morgan fingerprint density at radius 3 is 2.55 bits per heavy atom. The quantitative estimate of drug-likeness (QED) is 0.0646. The molecule has 2 atom stereocenters. The molecule has 0 unspecified atom stereocenters. The van der Waals surface area contributed by atoms with E-state index in [-0.39, 0.29) is 42.0 Å². The normalized spacial score (nSPS) is 18.2. The van der Waals surface area contributed by atoms with Crippen molar-refractivity contribution in [3.8, 4) is 6.07 Å². The first-order chi connectivity index (χ1) is 25.3. The maximum absolute atomic E-state index is 15.8. The molecule has 18 heteroatoms. The molecule has 1 aliphatic rings. The van der Waals surface area contributed by atoms with E-state index in [1.165, 1.54) is 59.4 Å². The van der Waals surface area contributed by atoms with Gasteiger partial charge >= 0.3 is 13.8 Å². The van der Waals surface area contributed by atoms with E-state index in [9.17, 15) is 27.9 Å². The topological polar surface area (TPSA) is 166 Å². The van der Waals surface area contributed by atoms with Crippen LogP contribution in [0.5, 0.6) is 0 Å². The first kappa shape index (κ1) is 39.5. The minimum atomic E-state index is -5.04. The highest BCUT2D eigenvalue weighted by atomic mass is 32.2. The summed E-state index contributed by atoms with van der Waals surface area (Å²) < 4.78 is 94.3. The van der Waals surface area contributed by atoms with Crippen LogP contribution in [0.3, 0.4) is 0 Å². The number of phosphoric acid groups is 1. The first-order valence-electron chi connectivity index (χ1n) is 15.7. The molecule has 278 valence electrons. The fourth-order valence-electron chi connectivity index (χ4n) is 5.41. The number of rotatable bonds is 14. The summed E-state index contributed by atoms with van der Waals surface area (Å²) >= 11 is 1.18. The van der Waals surface area contributed by atoms with Gasteiger partial charge in [-0.15, -0.1) is 11.8 Å². The lowest BCUT2D eigenvalue weighted by atomic mass is 9.89. The van der Waals surface area contributed by atoms with Crippen molar-refractivity contribution in [2.45, 2.75) is 42.5 Å². The second kappa shape index (κ2) is 17.4. The van der Waals surface area contributed by atoms with Gasteiger partial charge in [0, 0.05) is 22.4 Å². The number of halogens is 4. The standard InChI is InChI=1S/C35H31F4N4O8PS/c1-22(53-27-17-48-32(49-18-27)8-3-2-5-24-10-9-23(15-40)13-30(24)38)35(19-43-21-41-20-42-43,28-12-11-26(36)14-31(28)39)51-34(44)33-25(6-4-7-29(33)37)16-50-52(45,46)47/h2-14,20-22,27,32H,16-19H2,1H3,(H2,45,46,47)/b5-2+,8-3+/t22-,27-,32-,35-/m1/s1. The fourth-order valence-corrected chi connectivity index (χ4v) is 7.08. The molecule has 0 radical (unpaired) electrons. The monoisotopic (exact) mass is 774 g/mol. The van der Waals surface area contributed by atoms with Crippen LogP contribution in [0.1, 0.15) is 39.5 Å². The molecular formula is C35H31F4N4O8PS. The number of esters is 1. The van der Waals surface area contributed by atoms with E-state index in [1.54, 1.807) is 25.2 Å². The molecule has 1 aliphatic heterocycles. The van der Waals surface area contributed by atoms with E-state index in [4.69, 9.17) is 19.5 Å². The molecule has 1 fully saturated rings. The highest BCUT2D eigenvalue weighted by molar-refractivity contribution is 8.00. The zero-order valence-corrected chi connectivity index (χ0v) is 29.4. The highest BCUT2D eigenvalue weighted by Crippen LogP contribution is 2.43. The van der Waals surface area contributed by atoms with Crippen molar-refractivity contribution in [2.75, 3.05) is 13.2 Å². The van der Waals surface area contributed by atoms with Gasteiger partial charge < -0.3 is 24.0 Å². The summed E-state index contributed by atoms with van der Waals surface area (Å²) in [5.74, 6) is -4.99. The highest BCUT2D eigenvalue weighted by Gasteiger charge is 2.47. The minimum absolute atomic E-state index is 0.106. The summed E-state index contributed by atoms with van der Waals surface area (Å²) in [6.07, 6.45) is 7.96. The molecule has 12 nitrogen and oxygen atoms in total. The number of hydrogen-bond donors (Lipinski definition) is 2. The lowest BCUT2D eigenvalue weighted by Gasteiger charge is -2.40. The average Bonchev–Trinajstić information content (AvgIpc) is 3.62. The lowest BCUT2D eigenvalue weighted by Crippen LogP contribution is -2.47. The number of allylic oxidation sites excluding steroid dienone is 2. The van der Waals surface area contributed by atoms with Crippen molar-refractivity contribution in [1.29, 1.82) is 5.26 Å². The molecule has 2 heterocycles. The van der Waals surface area contributed by atoms with Crippen molar-refractivity contribution < 1.29 is 55.4 Å². The molecule has 0 bridgehead atoms. The van der Waals surface area contributed by atoms with Gasteiger partial charge in [-0.2, -0.15) is 10.4 Å². The van der Waals surface area contributed by atoms with Crippen molar-refractivity contribution in [3.63, 3.8) is 0 Å². The molecule has 1 aromatic heterocycles. The second-order valence-electron chi connectivity index (χ2n) is 11.6. The third kappa shape index (κ3) is 10.3. The summed E-state index contributed by atoms with van der Waals surface area (Å²) in [6, 6.07) is 12.0. The molecule has 0 saturated carbocycles. The van der Waals surface area contributed by atoms with E-state index in [1.807, 2.05) is 6.07 Å². The van der Waals surface area contributed by atoms with Crippen LogP contribution in [-0.4, -0.2) is 60.5 Å². The third-order valence-electron chi connectivity index (χ3n) is 7.95. The SMILES string of the molecule is C[C@@H](S[C@H]1CO[C@H](/C=C/C=C/c2ccc(C#N)cc2F)OC1)[C@@](Cn1cncn1)(OC(=O)c1c(F)cccc1COP(=O)(O)O)c1ccc(F)cc1F. The van der Waals surface area contributed by atoms with E-state index in [2.05, 4.69) is 14.6 Å². The van der Waals surface area contributed by atoms with Crippen LogP contribution in [-0.2, 0) is 42.1 Å². The molecule has 0 aliphatic carbocycles. The van der Waals surface area contributed by atoms with Crippen molar-refractivity contribution in [1.82, 2.24) is 14.8 Å². The number of carbonyl (C=O) groups is 1. The van der Waals surface area contributed by atoms with Crippen LogP contribution in [0.25, 0.3) is 6.08 Å². The van der Waals surface area contributed by atoms with Gasteiger partial charge in [0.15, 0.2) is 11.9 Å². The van der Waals surface area contributed by atoms with E-state index >= 15 is 8.78 Å². The zero-order valence-electron chi connectivity index (χ0n) is 27.7. The van der Waals surface area contributed by atoms with Gasteiger partial charge in [-0.25, -0.2) is 36.6 Å². The van der Waals surface area contributed by atoms with Crippen molar-refractivity contribution in [2.24, 2.45) is 0 Å². The second-order valence-corrected chi connectivity index (χ2v) is 14.4. The predicted molar refractivity (Wildman–Crippen MR) is 183 cm³/mol. The van der Waals surface area contributed by atoms with Gasteiger partial charge in [0.1, 0.15) is 41.5 Å². The molecule has 1 saturated heterocycles. The number of nitrogens with zero attached hydrogens (tertiary/aromatic N) is 4. The molecule has 3 aromatic carbocycles. The van der Waals surface area contributed by atoms with Crippen LogP contribution in [0, 0.1) is 34.6 Å². The lowest BCUT2D eigenvalue weighted by molar-refractivity contribution is -0.146. The average molecular weight is 775 g/mol. The number of aromatic nitrogens is 3. The number of nitriles is 1. The number of carbonyl (C=O) groups excluding carboxylic acids is 1. The molecule has 4 aromatic rings. The maximum atomic E-state index is 15.8. The molecule has 2 N–H and O–H groups in total. The molecule has 0 amide bonds. The van der Waals surface area contributed by atoms with Crippen molar-refractivity contribution >= 4 is 31.6 Å². The van der Waals surface area contributed by atoms with Gasteiger partial charge in [0.05, 0.1) is 43.2 Å². The summed E-state index contributed by atoms with van der Waals surface area (Å²) in [4.78, 5) is 36.3. The Morgan fingerprint density at radius 2 is 1.89 bits per heavy atom. The van der Waals surface area contributed by atoms with Gasteiger partial charge in [0.25, 0.3) is 0 Å². The Morgan fingerprint density at radius 1 is 1.11 bits per heavy atom. The Bertz CT molecular complexity index is 2070. The Balaban J connectivity index is 1.39. The molecular weight excluding hydrogens is 743 g/mol. The van der Waals surface area contributed by atoms with Crippen LogP contribution in [0.15, 0.2) is 85.5 Å². The Labute approximate surface area is 304 Å². The van der Waals surface area contributed by atoms with Gasteiger partial charge in [-0.05, 0) is 48.9 Å². The third-order valence-corrected chi connectivity index (χ3v) is 9.86. The largest absolute Gasteiger partial charge is 0.469 e. The smallest absolute Gasteiger partial charge is 0.447 e. The van der Waals surface area contributed by atoms with Gasteiger partial charge in [0.2, 0.25) is 0 Å². The number of ether oxygens (including phenoxy) is 3. The summed E-state index contributed by atoms with van der Waals surface area (Å²) in [7, 11) is -5.04. The number of thioether (sulfide) groups is 1. The molecule has 0 spiro atoms. The number of benzene rings is 3. The molecule has 53 heavy (non-hydrogen) atoms. The summed E-state index contributed by atoms with van der Waals surface area (Å²) in [5, 5.41) is 11.6. The van der Waals surface area contributed by atoms with E-state index < -0.39 is 71.6 Å². The van der Waals surface area contributed by atoms with Crippen LogP contribution >= 0.6 is 19.6 Å². The Kier molecular flexibility index (Phi) is 13.0.